The standard InChI is InChI=1S/C9H9ClO3S/c1-2-13-9(12)7(10)8(11)6-4-3-5-14-6/h3-5,7H,2H2,1H3. The van der Waals surface area contributed by atoms with Crippen molar-refractivity contribution in [2.75, 3.05) is 6.61 Å². The molecule has 0 aromatic carbocycles. The minimum absolute atomic E-state index is 0.222. The van der Waals surface area contributed by atoms with E-state index in [1.807, 2.05) is 0 Å². The van der Waals surface area contributed by atoms with Crippen LogP contribution in [0.2, 0.25) is 0 Å². The van der Waals surface area contributed by atoms with Gasteiger partial charge in [0.25, 0.3) is 0 Å². The number of ketones is 1. The maximum atomic E-state index is 11.5. The number of hydrogen-bond donors (Lipinski definition) is 0. The molecule has 0 amide bonds. The summed E-state index contributed by atoms with van der Waals surface area (Å²) in [5, 5.41) is 0.524. The zero-order valence-corrected chi connectivity index (χ0v) is 9.10. The molecule has 0 radical (unpaired) electrons. The Bertz CT molecular complexity index is 321. The number of carbonyl (C=O) groups excluding carboxylic acids is 2. The number of esters is 1. The molecule has 0 saturated heterocycles. The lowest BCUT2D eigenvalue weighted by Crippen LogP contribution is -2.26. The molecule has 1 aromatic rings. The summed E-state index contributed by atoms with van der Waals surface area (Å²) in [5.74, 6) is -1.09. The first-order valence-corrected chi connectivity index (χ1v) is 5.36. The van der Waals surface area contributed by atoms with Gasteiger partial charge in [-0.3, -0.25) is 4.79 Å². The summed E-state index contributed by atoms with van der Waals surface area (Å²) < 4.78 is 4.64. The first-order chi connectivity index (χ1) is 6.66. The van der Waals surface area contributed by atoms with Gasteiger partial charge in [0.2, 0.25) is 5.78 Å². The lowest BCUT2D eigenvalue weighted by Gasteiger charge is -2.05. The van der Waals surface area contributed by atoms with Crippen molar-refractivity contribution in [3.63, 3.8) is 0 Å². The molecule has 76 valence electrons. The molecule has 0 N–H and O–H groups in total. The van der Waals surface area contributed by atoms with Crippen molar-refractivity contribution in [3.05, 3.63) is 22.4 Å². The number of rotatable bonds is 4. The van der Waals surface area contributed by atoms with E-state index >= 15 is 0 Å². The zero-order valence-electron chi connectivity index (χ0n) is 7.53. The van der Waals surface area contributed by atoms with Gasteiger partial charge >= 0.3 is 5.97 Å². The summed E-state index contributed by atoms with van der Waals surface area (Å²) in [6.45, 7) is 1.89. The Hall–Kier alpha value is -0.870. The highest BCUT2D eigenvalue weighted by Gasteiger charge is 2.26. The number of halogens is 1. The van der Waals surface area contributed by atoms with Crippen molar-refractivity contribution < 1.29 is 14.3 Å². The van der Waals surface area contributed by atoms with Crippen molar-refractivity contribution in [2.45, 2.75) is 12.3 Å². The Kier molecular flexibility index (Phi) is 4.10. The van der Waals surface area contributed by atoms with Crippen LogP contribution in [0.1, 0.15) is 16.6 Å². The topological polar surface area (TPSA) is 43.4 Å². The van der Waals surface area contributed by atoms with Crippen molar-refractivity contribution >= 4 is 34.7 Å². The summed E-state index contributed by atoms with van der Waals surface area (Å²) in [6.07, 6.45) is 0. The van der Waals surface area contributed by atoms with E-state index < -0.39 is 17.1 Å². The lowest BCUT2D eigenvalue weighted by molar-refractivity contribution is -0.141. The van der Waals surface area contributed by atoms with Crippen molar-refractivity contribution in [1.82, 2.24) is 0 Å². The highest BCUT2D eigenvalue weighted by molar-refractivity contribution is 7.12. The molecule has 0 bridgehead atoms. The number of alkyl halides is 1. The van der Waals surface area contributed by atoms with Crippen molar-refractivity contribution in [3.8, 4) is 0 Å². The molecule has 3 nitrogen and oxygen atoms in total. The predicted octanol–water partition coefficient (Wildman–Crippen LogP) is 2.10. The molecule has 1 heterocycles. The van der Waals surface area contributed by atoms with Crippen LogP contribution in [0.25, 0.3) is 0 Å². The molecule has 1 rings (SSSR count). The van der Waals surface area contributed by atoms with Crippen molar-refractivity contribution in [1.29, 1.82) is 0 Å². The molecule has 1 atom stereocenters. The van der Waals surface area contributed by atoms with E-state index in [-0.39, 0.29) is 6.61 Å². The van der Waals surface area contributed by atoms with E-state index in [4.69, 9.17) is 11.6 Å². The summed E-state index contributed by atoms with van der Waals surface area (Å²) >= 11 is 6.89. The van der Waals surface area contributed by atoms with Gasteiger partial charge in [-0.05, 0) is 18.4 Å². The molecule has 0 spiro atoms. The molecular weight excluding hydrogens is 224 g/mol. The van der Waals surface area contributed by atoms with E-state index in [2.05, 4.69) is 4.74 Å². The van der Waals surface area contributed by atoms with E-state index in [0.717, 1.165) is 0 Å². The van der Waals surface area contributed by atoms with Gasteiger partial charge in [0.15, 0.2) is 5.38 Å². The minimum Gasteiger partial charge on any atom is -0.465 e. The summed E-state index contributed by atoms with van der Waals surface area (Å²) in [5.41, 5.74) is 0. The SMILES string of the molecule is CCOC(=O)C(Cl)C(=O)c1cccs1. The van der Waals surface area contributed by atoms with E-state index in [1.165, 1.54) is 11.3 Å². The van der Waals surface area contributed by atoms with Crippen LogP contribution in [0.3, 0.4) is 0 Å². The second-order valence-electron chi connectivity index (χ2n) is 2.46. The molecule has 5 heteroatoms. The van der Waals surface area contributed by atoms with Gasteiger partial charge < -0.3 is 4.74 Å². The van der Waals surface area contributed by atoms with Gasteiger partial charge in [0.05, 0.1) is 11.5 Å². The zero-order chi connectivity index (χ0) is 10.6. The van der Waals surface area contributed by atoms with Crippen LogP contribution < -0.4 is 0 Å². The Morgan fingerprint density at radius 3 is 2.86 bits per heavy atom. The predicted molar refractivity (Wildman–Crippen MR) is 54.9 cm³/mol. The van der Waals surface area contributed by atoms with Gasteiger partial charge in [-0.25, -0.2) is 4.79 Å². The largest absolute Gasteiger partial charge is 0.465 e. The third-order valence-corrected chi connectivity index (χ3v) is 2.75. The third-order valence-electron chi connectivity index (χ3n) is 1.49. The van der Waals surface area contributed by atoms with Gasteiger partial charge in [0, 0.05) is 0 Å². The van der Waals surface area contributed by atoms with Gasteiger partial charge in [-0.1, -0.05) is 6.07 Å². The summed E-state index contributed by atoms with van der Waals surface area (Å²) in [7, 11) is 0. The molecule has 14 heavy (non-hydrogen) atoms. The monoisotopic (exact) mass is 232 g/mol. The number of thiophene rings is 1. The van der Waals surface area contributed by atoms with Crippen LogP contribution in [0, 0.1) is 0 Å². The van der Waals surface area contributed by atoms with E-state index in [1.54, 1.807) is 24.4 Å². The number of ether oxygens (including phenoxy) is 1. The smallest absolute Gasteiger partial charge is 0.332 e. The Morgan fingerprint density at radius 2 is 2.36 bits per heavy atom. The highest BCUT2D eigenvalue weighted by atomic mass is 35.5. The Morgan fingerprint density at radius 1 is 1.64 bits per heavy atom. The molecule has 0 saturated carbocycles. The van der Waals surface area contributed by atoms with E-state index in [9.17, 15) is 9.59 Å². The maximum absolute atomic E-state index is 11.5. The molecule has 1 unspecified atom stereocenters. The second kappa shape index (κ2) is 5.12. The maximum Gasteiger partial charge on any atom is 0.332 e. The molecule has 0 fully saturated rings. The first-order valence-electron chi connectivity index (χ1n) is 4.05. The fraction of sp³-hybridized carbons (Fsp3) is 0.333. The van der Waals surface area contributed by atoms with Gasteiger partial charge in [-0.2, -0.15) is 0 Å². The summed E-state index contributed by atoms with van der Waals surface area (Å²) in [6, 6.07) is 3.36. The van der Waals surface area contributed by atoms with Crippen LogP contribution in [0.15, 0.2) is 17.5 Å². The van der Waals surface area contributed by atoms with Crippen LogP contribution in [-0.4, -0.2) is 23.7 Å². The Labute approximate surface area is 90.6 Å². The highest BCUT2D eigenvalue weighted by Crippen LogP contribution is 2.15. The number of carbonyl (C=O) groups is 2. The van der Waals surface area contributed by atoms with Crippen LogP contribution >= 0.6 is 22.9 Å². The quantitative estimate of drug-likeness (QED) is 0.346. The van der Waals surface area contributed by atoms with Crippen LogP contribution in [0.4, 0.5) is 0 Å². The minimum atomic E-state index is -1.23. The Balaban J connectivity index is 2.66. The molecule has 0 aliphatic rings. The molecule has 0 aliphatic carbocycles. The number of Topliss-reactive ketones (excluding diaryl/α,β-unsaturated/α-hetero) is 1. The first kappa shape index (κ1) is 11.2. The van der Waals surface area contributed by atoms with Gasteiger partial charge in [-0.15, -0.1) is 22.9 Å². The third kappa shape index (κ3) is 2.56. The molecule has 1 aromatic heterocycles. The molecular formula is C9H9ClO3S. The number of hydrogen-bond acceptors (Lipinski definition) is 4. The fourth-order valence-electron chi connectivity index (χ4n) is 0.866. The fourth-order valence-corrected chi connectivity index (χ4v) is 1.81. The second-order valence-corrected chi connectivity index (χ2v) is 3.84. The van der Waals surface area contributed by atoms with Crippen molar-refractivity contribution in [2.24, 2.45) is 0 Å². The summed E-state index contributed by atoms with van der Waals surface area (Å²) in [4.78, 5) is 23.1. The van der Waals surface area contributed by atoms with Crippen LogP contribution in [0.5, 0.6) is 0 Å². The average molecular weight is 233 g/mol. The van der Waals surface area contributed by atoms with E-state index in [0.29, 0.717) is 4.88 Å². The lowest BCUT2D eigenvalue weighted by atomic mass is 10.2. The van der Waals surface area contributed by atoms with Gasteiger partial charge in [0.1, 0.15) is 0 Å². The normalized spacial score (nSPS) is 12.1. The molecule has 0 aliphatic heterocycles. The average Bonchev–Trinajstić information content (AvgIpc) is 2.68. The van der Waals surface area contributed by atoms with Crippen LogP contribution in [-0.2, 0) is 9.53 Å².